The number of rotatable bonds is 5. The van der Waals surface area contributed by atoms with E-state index in [4.69, 9.17) is 10.5 Å². The maximum atomic E-state index is 12.7. The molecule has 2 aromatic rings. The number of hydrogen-bond acceptors (Lipinski definition) is 5. The molecule has 0 spiro atoms. The van der Waals surface area contributed by atoms with Crippen LogP contribution >= 0.6 is 11.3 Å². The van der Waals surface area contributed by atoms with Crippen LogP contribution in [0.2, 0.25) is 0 Å². The maximum absolute atomic E-state index is 12.7. The Balaban J connectivity index is 1.40. The zero-order valence-electron chi connectivity index (χ0n) is 15.2. The third kappa shape index (κ3) is 3.70. The van der Waals surface area contributed by atoms with Gasteiger partial charge in [-0.2, -0.15) is 0 Å². The lowest BCUT2D eigenvalue weighted by Gasteiger charge is -2.49. The molecule has 4 heterocycles. The fourth-order valence-corrected chi connectivity index (χ4v) is 4.85. The topological polar surface area (TPSA) is 84.7 Å². The van der Waals surface area contributed by atoms with E-state index in [1.807, 2.05) is 0 Å². The standard InChI is InChI=1S/C20H23N3O3S/c1-12-18(13-8-10-23(12)11-9-13)22-20(25)16-6-7-17(27-16)26-15-4-2-14(3-5-15)19(21)24/h2-7,12-13,18H,8-11H2,1H3,(H2,21,24)(H,22,25)/t12-,18-/m0/s1. The number of carbonyl (C=O) groups excluding carboxylic acids is 2. The van der Waals surface area contributed by atoms with Crippen LogP contribution in [0.15, 0.2) is 36.4 Å². The molecule has 5 rings (SSSR count). The van der Waals surface area contributed by atoms with Crippen molar-refractivity contribution in [1.29, 1.82) is 0 Å². The molecular formula is C20H23N3O3S. The van der Waals surface area contributed by atoms with Gasteiger partial charge in [-0.3, -0.25) is 14.5 Å². The molecule has 0 unspecified atom stereocenters. The van der Waals surface area contributed by atoms with E-state index in [0.717, 1.165) is 25.9 Å². The molecule has 27 heavy (non-hydrogen) atoms. The molecule has 2 amide bonds. The second kappa shape index (κ2) is 7.32. The second-order valence-electron chi connectivity index (χ2n) is 7.22. The first-order chi connectivity index (χ1) is 13.0. The van der Waals surface area contributed by atoms with E-state index in [1.165, 1.54) is 11.3 Å². The molecule has 3 fully saturated rings. The molecule has 6 nitrogen and oxygen atoms in total. The lowest BCUT2D eigenvalue weighted by atomic mass is 9.79. The van der Waals surface area contributed by atoms with Gasteiger partial charge in [0.05, 0.1) is 4.88 Å². The van der Waals surface area contributed by atoms with E-state index in [9.17, 15) is 9.59 Å². The van der Waals surface area contributed by atoms with E-state index < -0.39 is 5.91 Å². The van der Waals surface area contributed by atoms with Crippen molar-refractivity contribution in [3.63, 3.8) is 0 Å². The second-order valence-corrected chi connectivity index (χ2v) is 8.27. The van der Waals surface area contributed by atoms with Gasteiger partial charge in [0.2, 0.25) is 5.91 Å². The molecule has 2 bridgehead atoms. The van der Waals surface area contributed by atoms with Gasteiger partial charge in [-0.15, -0.1) is 0 Å². The van der Waals surface area contributed by atoms with Crippen LogP contribution in [-0.4, -0.2) is 41.9 Å². The minimum Gasteiger partial charge on any atom is -0.447 e. The van der Waals surface area contributed by atoms with Crippen LogP contribution in [0.5, 0.6) is 10.8 Å². The number of piperidine rings is 3. The highest BCUT2D eigenvalue weighted by molar-refractivity contribution is 7.15. The molecule has 3 N–H and O–H groups in total. The number of amides is 2. The van der Waals surface area contributed by atoms with Crippen LogP contribution in [0.4, 0.5) is 0 Å². The Bertz CT molecular complexity index is 838. The minimum atomic E-state index is -0.474. The Kier molecular flexibility index (Phi) is 4.88. The van der Waals surface area contributed by atoms with Gasteiger partial charge >= 0.3 is 0 Å². The van der Waals surface area contributed by atoms with Crippen molar-refractivity contribution >= 4 is 23.2 Å². The predicted molar refractivity (Wildman–Crippen MR) is 104 cm³/mol. The summed E-state index contributed by atoms with van der Waals surface area (Å²) in [7, 11) is 0. The van der Waals surface area contributed by atoms with Gasteiger partial charge in [0, 0.05) is 17.6 Å². The van der Waals surface area contributed by atoms with Crippen molar-refractivity contribution in [2.75, 3.05) is 13.1 Å². The zero-order chi connectivity index (χ0) is 19.0. The number of hydrogen-bond donors (Lipinski definition) is 2. The van der Waals surface area contributed by atoms with Crippen molar-refractivity contribution in [2.24, 2.45) is 11.7 Å². The normalized spacial score (nSPS) is 26.6. The molecule has 0 saturated carbocycles. The third-order valence-electron chi connectivity index (χ3n) is 5.64. The Hall–Kier alpha value is -2.38. The number of primary amides is 1. The zero-order valence-corrected chi connectivity index (χ0v) is 16.0. The van der Waals surface area contributed by atoms with Gasteiger partial charge in [0.1, 0.15) is 5.75 Å². The summed E-state index contributed by atoms with van der Waals surface area (Å²) >= 11 is 1.32. The van der Waals surface area contributed by atoms with E-state index in [0.29, 0.717) is 33.2 Å². The van der Waals surface area contributed by atoms with Gasteiger partial charge in [0.15, 0.2) is 5.06 Å². The minimum absolute atomic E-state index is 0.0375. The summed E-state index contributed by atoms with van der Waals surface area (Å²) < 4.78 is 5.78. The average Bonchev–Trinajstić information content (AvgIpc) is 3.14. The van der Waals surface area contributed by atoms with Crippen LogP contribution in [0.1, 0.15) is 39.8 Å². The Morgan fingerprint density at radius 2 is 1.85 bits per heavy atom. The average molecular weight is 385 g/mol. The molecule has 0 aliphatic carbocycles. The molecule has 0 radical (unpaired) electrons. The third-order valence-corrected chi connectivity index (χ3v) is 6.60. The number of fused-ring (bicyclic) bond motifs is 3. The highest BCUT2D eigenvalue weighted by Gasteiger charge is 2.40. The molecule has 7 heteroatoms. The molecule has 2 atom stereocenters. The number of thiophene rings is 1. The lowest BCUT2D eigenvalue weighted by Crippen LogP contribution is -2.62. The summed E-state index contributed by atoms with van der Waals surface area (Å²) in [5, 5.41) is 3.87. The Morgan fingerprint density at radius 3 is 2.48 bits per heavy atom. The molecule has 142 valence electrons. The summed E-state index contributed by atoms with van der Waals surface area (Å²) in [4.78, 5) is 26.9. The molecule has 3 saturated heterocycles. The summed E-state index contributed by atoms with van der Waals surface area (Å²) in [5.74, 6) is 0.663. The summed E-state index contributed by atoms with van der Waals surface area (Å²) in [6, 6.07) is 10.8. The van der Waals surface area contributed by atoms with Crippen LogP contribution in [-0.2, 0) is 0 Å². The number of benzene rings is 1. The summed E-state index contributed by atoms with van der Waals surface area (Å²) in [6.45, 7) is 4.49. The van der Waals surface area contributed by atoms with Gasteiger partial charge in [-0.25, -0.2) is 0 Å². The van der Waals surface area contributed by atoms with Crippen molar-refractivity contribution in [3.8, 4) is 10.8 Å². The number of ether oxygens (including phenoxy) is 1. The fraction of sp³-hybridized carbons (Fsp3) is 0.400. The first kappa shape index (κ1) is 18.0. The number of carbonyl (C=O) groups is 2. The van der Waals surface area contributed by atoms with Gasteiger partial charge in [0.25, 0.3) is 5.91 Å². The Morgan fingerprint density at radius 1 is 1.15 bits per heavy atom. The van der Waals surface area contributed by atoms with Gasteiger partial charge in [-0.1, -0.05) is 11.3 Å². The van der Waals surface area contributed by atoms with Crippen molar-refractivity contribution < 1.29 is 14.3 Å². The molecule has 3 aliphatic rings. The predicted octanol–water partition coefficient (Wildman–Crippen LogP) is 2.85. The molecule has 1 aromatic carbocycles. The van der Waals surface area contributed by atoms with Crippen molar-refractivity contribution in [3.05, 3.63) is 46.8 Å². The van der Waals surface area contributed by atoms with Crippen molar-refractivity contribution in [1.82, 2.24) is 10.2 Å². The number of nitrogens with two attached hydrogens (primary N) is 1. The molecule has 3 aliphatic heterocycles. The monoisotopic (exact) mass is 385 g/mol. The highest BCUT2D eigenvalue weighted by atomic mass is 32.1. The number of nitrogens with zero attached hydrogens (tertiary/aromatic N) is 1. The largest absolute Gasteiger partial charge is 0.447 e. The van der Waals surface area contributed by atoms with Crippen LogP contribution in [0.25, 0.3) is 0 Å². The summed E-state index contributed by atoms with van der Waals surface area (Å²) in [5.41, 5.74) is 5.67. The number of nitrogens with one attached hydrogen (secondary N) is 1. The van der Waals surface area contributed by atoms with Gasteiger partial charge in [-0.05, 0) is 75.2 Å². The summed E-state index contributed by atoms with van der Waals surface area (Å²) in [6.07, 6.45) is 2.32. The first-order valence-corrected chi connectivity index (χ1v) is 10.1. The molecular weight excluding hydrogens is 362 g/mol. The smallest absolute Gasteiger partial charge is 0.261 e. The van der Waals surface area contributed by atoms with E-state index in [1.54, 1.807) is 36.4 Å². The van der Waals surface area contributed by atoms with E-state index in [-0.39, 0.29) is 11.9 Å². The SMILES string of the molecule is C[C@H]1[C@H](NC(=O)c2ccc(Oc3ccc(C(N)=O)cc3)s2)C2CCN1CC2. The quantitative estimate of drug-likeness (QED) is 0.829. The van der Waals surface area contributed by atoms with Crippen LogP contribution in [0.3, 0.4) is 0 Å². The fourth-order valence-electron chi connectivity index (χ4n) is 4.07. The van der Waals surface area contributed by atoms with E-state index in [2.05, 4.69) is 17.1 Å². The Labute approximate surface area is 162 Å². The highest BCUT2D eigenvalue weighted by Crippen LogP contribution is 2.33. The lowest BCUT2D eigenvalue weighted by molar-refractivity contribution is 0.0218. The van der Waals surface area contributed by atoms with E-state index >= 15 is 0 Å². The molecule has 1 aromatic heterocycles. The van der Waals surface area contributed by atoms with Gasteiger partial charge < -0.3 is 15.8 Å². The van der Waals surface area contributed by atoms with Crippen molar-refractivity contribution in [2.45, 2.75) is 31.8 Å². The van der Waals surface area contributed by atoms with Crippen LogP contribution < -0.4 is 15.8 Å². The first-order valence-electron chi connectivity index (χ1n) is 9.24. The maximum Gasteiger partial charge on any atom is 0.261 e. The van der Waals surface area contributed by atoms with Crippen LogP contribution in [0, 0.1) is 5.92 Å².